The summed E-state index contributed by atoms with van der Waals surface area (Å²) in [5, 5.41) is 5.97. The van der Waals surface area contributed by atoms with Crippen LogP contribution in [0, 0.1) is 0 Å². The van der Waals surface area contributed by atoms with Crippen molar-refractivity contribution in [2.24, 2.45) is 0 Å². The zero-order valence-electron chi connectivity index (χ0n) is 24.7. The highest BCUT2D eigenvalue weighted by molar-refractivity contribution is 6.04. The van der Waals surface area contributed by atoms with E-state index in [-0.39, 0.29) is 23.0 Å². The van der Waals surface area contributed by atoms with Gasteiger partial charge in [0.15, 0.2) is 5.69 Å². The number of amides is 2. The van der Waals surface area contributed by atoms with Crippen molar-refractivity contribution in [3.8, 4) is 5.69 Å². The Morgan fingerprint density at radius 3 is 2.20 bits per heavy atom. The summed E-state index contributed by atoms with van der Waals surface area (Å²) < 4.78 is 62.9. The summed E-state index contributed by atoms with van der Waals surface area (Å²) in [5.41, 5.74) is -0.892. The van der Waals surface area contributed by atoms with Gasteiger partial charge >= 0.3 is 18.2 Å². The third-order valence-corrected chi connectivity index (χ3v) is 6.27. The Hall–Kier alpha value is -4.87. The summed E-state index contributed by atoms with van der Waals surface area (Å²) in [7, 11) is 0. The topological polar surface area (TPSA) is 79.7 Å². The number of nitrogens with one attached hydrogen (secondary N) is 1. The predicted octanol–water partition coefficient (Wildman–Crippen LogP) is 8.00. The van der Waals surface area contributed by atoms with Gasteiger partial charge in [-0.3, -0.25) is 4.79 Å². The van der Waals surface area contributed by atoms with Crippen LogP contribution in [0.25, 0.3) is 5.69 Å². The van der Waals surface area contributed by atoms with Crippen molar-refractivity contribution >= 4 is 29.1 Å². The third-order valence-electron chi connectivity index (χ3n) is 6.27. The Balaban J connectivity index is 1.65. The molecule has 12 heteroatoms. The second-order valence-corrected chi connectivity index (χ2v) is 10.9. The number of ether oxygens (including phenoxy) is 1. The highest BCUT2D eigenvalue weighted by atomic mass is 19.4. The molecule has 0 spiro atoms. The smallest absolute Gasteiger partial charge is 0.435 e. The highest BCUT2D eigenvalue weighted by Crippen LogP contribution is 2.33. The minimum absolute atomic E-state index is 0.0167. The van der Waals surface area contributed by atoms with Crippen molar-refractivity contribution in [1.82, 2.24) is 15.1 Å². The summed E-state index contributed by atoms with van der Waals surface area (Å²) in [6.07, 6.45) is -4.80. The number of alkyl carbamates (subject to hydrolysis) is 1. The van der Waals surface area contributed by atoms with Gasteiger partial charge in [0.25, 0.3) is 0 Å². The van der Waals surface area contributed by atoms with E-state index in [9.17, 15) is 22.8 Å². The maximum Gasteiger partial charge on any atom is 0.435 e. The molecule has 8 nitrogen and oxygen atoms in total. The molecule has 4 aromatic rings. The van der Waals surface area contributed by atoms with Gasteiger partial charge in [0.2, 0.25) is 0 Å². The van der Waals surface area contributed by atoms with E-state index in [0.717, 1.165) is 16.8 Å². The first-order valence-corrected chi connectivity index (χ1v) is 13.9. The van der Waals surface area contributed by atoms with Gasteiger partial charge in [0, 0.05) is 30.5 Å². The zero-order chi connectivity index (χ0) is 32.1. The monoisotopic (exact) mass is 611 g/mol. The van der Waals surface area contributed by atoms with Gasteiger partial charge in [-0.05, 0) is 75.2 Å². The normalized spacial score (nSPS) is 11.6. The van der Waals surface area contributed by atoms with E-state index < -0.39 is 35.2 Å². The van der Waals surface area contributed by atoms with Crippen LogP contribution < -0.4 is 15.3 Å². The maximum absolute atomic E-state index is 15.8. The molecule has 4 rings (SSSR count). The lowest BCUT2D eigenvalue weighted by molar-refractivity contribution is -0.141. The fraction of sp³-hybridized carbons (Fsp3) is 0.281. The number of aromatic nitrogens is 2. The molecule has 1 heterocycles. The Morgan fingerprint density at radius 1 is 0.886 bits per heavy atom. The second kappa shape index (κ2) is 13.2. The number of hydrogen-bond donors (Lipinski definition) is 1. The molecule has 0 saturated heterocycles. The quantitative estimate of drug-likeness (QED) is 0.153. The van der Waals surface area contributed by atoms with Crippen LogP contribution in [0.4, 0.5) is 39.5 Å². The average molecular weight is 612 g/mol. The van der Waals surface area contributed by atoms with Gasteiger partial charge in [-0.1, -0.05) is 47.8 Å². The molecule has 0 saturated carbocycles. The fourth-order valence-electron chi connectivity index (χ4n) is 4.40. The molecule has 44 heavy (non-hydrogen) atoms. The first kappa shape index (κ1) is 32.1. The molecule has 0 unspecified atom stereocenters. The number of halogens is 4. The maximum atomic E-state index is 15.8. The standard InChI is InChI=1S/C32H33F4N5O3/c1-5-17-39(23-12-7-6-8-13-23)24-14-10-15-25(19-24)40(36)29(42)27-20-28(32(33,34)35)38-41(27)26-16-9-11-22(18-26)21-37-30(43)44-31(2,3)4/h6-16,18-20H,5,17,21H2,1-4H3,(H,37,43). The number of nitrogens with zero attached hydrogens (tertiary/aromatic N) is 4. The number of hydrogen-bond acceptors (Lipinski definition) is 5. The first-order chi connectivity index (χ1) is 20.8. The Bertz CT molecular complexity index is 1600. The Morgan fingerprint density at radius 2 is 1.55 bits per heavy atom. The number of anilines is 3. The minimum Gasteiger partial charge on any atom is -0.444 e. The Labute approximate surface area is 252 Å². The van der Waals surface area contributed by atoms with Crippen molar-refractivity contribution in [2.45, 2.75) is 52.4 Å². The molecule has 1 N–H and O–H groups in total. The van der Waals surface area contributed by atoms with E-state index in [0.29, 0.717) is 23.9 Å². The molecular weight excluding hydrogens is 578 g/mol. The van der Waals surface area contributed by atoms with Crippen molar-refractivity contribution in [3.05, 3.63) is 102 Å². The van der Waals surface area contributed by atoms with Gasteiger partial charge in [-0.25, -0.2) is 9.48 Å². The molecular formula is C32H33F4N5O3. The van der Waals surface area contributed by atoms with Crippen LogP contribution in [0.3, 0.4) is 0 Å². The largest absolute Gasteiger partial charge is 0.444 e. The molecule has 0 aliphatic rings. The van der Waals surface area contributed by atoms with Crippen molar-refractivity contribution in [1.29, 1.82) is 0 Å². The van der Waals surface area contributed by atoms with Crippen molar-refractivity contribution in [2.75, 3.05) is 16.6 Å². The van der Waals surface area contributed by atoms with Gasteiger partial charge < -0.3 is 15.0 Å². The van der Waals surface area contributed by atoms with Crippen LogP contribution in [0.2, 0.25) is 0 Å². The molecule has 0 aliphatic heterocycles. The minimum atomic E-state index is -4.90. The number of alkyl halides is 3. The Kier molecular flexibility index (Phi) is 9.61. The molecule has 1 aromatic heterocycles. The van der Waals surface area contributed by atoms with Gasteiger partial charge in [-0.2, -0.15) is 18.3 Å². The van der Waals surface area contributed by atoms with Crippen LogP contribution >= 0.6 is 0 Å². The van der Waals surface area contributed by atoms with Gasteiger partial charge in [0.1, 0.15) is 11.3 Å². The summed E-state index contributed by atoms with van der Waals surface area (Å²) in [6, 6.07) is 22.1. The SMILES string of the molecule is CCCN(c1ccccc1)c1cccc(N(F)C(=O)c2cc(C(F)(F)F)nn2-c2cccc(CNC(=O)OC(C)(C)C)c2)c1. The number of rotatable bonds is 9. The lowest BCUT2D eigenvalue weighted by Gasteiger charge is -2.25. The summed E-state index contributed by atoms with van der Waals surface area (Å²) in [4.78, 5) is 27.4. The number of para-hydroxylation sites is 1. The van der Waals surface area contributed by atoms with Crippen LogP contribution in [-0.2, 0) is 17.5 Å². The van der Waals surface area contributed by atoms with E-state index in [1.54, 1.807) is 39.0 Å². The van der Waals surface area contributed by atoms with Crippen LogP contribution in [-0.4, -0.2) is 33.9 Å². The van der Waals surface area contributed by atoms with Crippen molar-refractivity contribution < 1.29 is 32.0 Å². The van der Waals surface area contributed by atoms with E-state index in [2.05, 4.69) is 10.4 Å². The lowest BCUT2D eigenvalue weighted by Crippen LogP contribution is -2.32. The summed E-state index contributed by atoms with van der Waals surface area (Å²) >= 11 is 0. The molecule has 0 bridgehead atoms. The first-order valence-electron chi connectivity index (χ1n) is 13.9. The molecule has 0 radical (unpaired) electrons. The number of carbonyl (C=O) groups is 2. The molecule has 232 valence electrons. The van der Waals surface area contributed by atoms with Crippen LogP contribution in [0.15, 0.2) is 84.9 Å². The zero-order valence-corrected chi connectivity index (χ0v) is 24.7. The molecule has 0 fully saturated rings. The molecule has 0 atom stereocenters. The molecule has 2 amide bonds. The van der Waals surface area contributed by atoms with Crippen LogP contribution in [0.5, 0.6) is 0 Å². The van der Waals surface area contributed by atoms with Gasteiger partial charge in [-0.15, -0.1) is 5.12 Å². The van der Waals surface area contributed by atoms with Crippen molar-refractivity contribution in [3.63, 3.8) is 0 Å². The molecule has 0 aliphatic carbocycles. The van der Waals surface area contributed by atoms with E-state index in [1.807, 2.05) is 42.2 Å². The number of carbonyl (C=O) groups excluding carboxylic acids is 2. The second-order valence-electron chi connectivity index (χ2n) is 10.9. The van der Waals surface area contributed by atoms with E-state index in [1.165, 1.54) is 30.3 Å². The van der Waals surface area contributed by atoms with Gasteiger partial charge in [0.05, 0.1) is 11.4 Å². The van der Waals surface area contributed by atoms with E-state index in [4.69, 9.17) is 4.74 Å². The van der Waals surface area contributed by atoms with E-state index >= 15 is 4.48 Å². The molecule has 3 aromatic carbocycles. The third kappa shape index (κ3) is 7.94. The lowest BCUT2D eigenvalue weighted by atomic mass is 10.2. The summed E-state index contributed by atoms with van der Waals surface area (Å²) in [6.45, 7) is 7.70. The van der Waals surface area contributed by atoms with Crippen LogP contribution in [0.1, 0.15) is 55.9 Å². The summed E-state index contributed by atoms with van der Waals surface area (Å²) in [5.74, 6) is -1.34. The average Bonchev–Trinajstić information content (AvgIpc) is 3.44. The number of benzene rings is 3. The highest BCUT2D eigenvalue weighted by Gasteiger charge is 2.37. The predicted molar refractivity (Wildman–Crippen MR) is 160 cm³/mol. The fourth-order valence-corrected chi connectivity index (χ4v) is 4.40.